The highest BCUT2D eigenvalue weighted by atomic mass is 35.5. The van der Waals surface area contributed by atoms with E-state index < -0.39 is 10.0 Å². The maximum atomic E-state index is 13.0. The molecule has 0 radical (unpaired) electrons. The molecule has 2 aromatic carbocycles. The molecular weight excluding hydrogens is 447 g/mol. The van der Waals surface area contributed by atoms with Crippen molar-refractivity contribution < 1.29 is 17.9 Å². The fourth-order valence-electron chi connectivity index (χ4n) is 3.51. The number of benzene rings is 2. The number of sulfonamides is 1. The summed E-state index contributed by atoms with van der Waals surface area (Å²) in [7, 11) is -2.06. The van der Waals surface area contributed by atoms with Crippen LogP contribution in [0.25, 0.3) is 0 Å². The third-order valence-electron chi connectivity index (χ3n) is 5.30. The quantitative estimate of drug-likeness (QED) is 0.691. The number of amides is 1. The van der Waals surface area contributed by atoms with Gasteiger partial charge >= 0.3 is 0 Å². The molecular formula is C21H24Cl2N2O4S. The standard InChI is InChI=1S/C21H24Cl2N2O4S/c1-14-11-18(5-6-20(14)29-2)30(27,28)25-9-7-15(8-10-25)21(26)24-13-16-3-4-17(22)12-19(16)23/h3-6,11-12,15H,7-10,13H2,1-2H3,(H,24,26). The van der Waals surface area contributed by atoms with Gasteiger partial charge in [0.15, 0.2) is 0 Å². The molecule has 0 aliphatic carbocycles. The van der Waals surface area contributed by atoms with Crippen LogP contribution in [0.3, 0.4) is 0 Å². The number of carbonyl (C=O) groups excluding carboxylic acids is 1. The van der Waals surface area contributed by atoms with E-state index in [1.165, 1.54) is 4.31 Å². The highest BCUT2D eigenvalue weighted by Crippen LogP contribution is 2.27. The molecule has 9 heteroatoms. The SMILES string of the molecule is COc1ccc(S(=O)(=O)N2CCC(C(=O)NCc3ccc(Cl)cc3Cl)CC2)cc1C. The van der Waals surface area contributed by atoms with Crippen LogP contribution in [-0.4, -0.2) is 38.8 Å². The summed E-state index contributed by atoms with van der Waals surface area (Å²) < 4.78 is 32.5. The molecule has 0 saturated carbocycles. The first kappa shape index (κ1) is 22.9. The molecule has 3 rings (SSSR count). The van der Waals surface area contributed by atoms with Gasteiger partial charge in [-0.15, -0.1) is 0 Å². The minimum atomic E-state index is -3.61. The van der Waals surface area contributed by atoms with Gasteiger partial charge in [0.1, 0.15) is 5.75 Å². The van der Waals surface area contributed by atoms with E-state index in [2.05, 4.69) is 5.32 Å². The van der Waals surface area contributed by atoms with Crippen molar-refractivity contribution in [3.05, 3.63) is 57.6 Å². The highest BCUT2D eigenvalue weighted by molar-refractivity contribution is 7.89. The predicted molar refractivity (Wildman–Crippen MR) is 118 cm³/mol. The summed E-state index contributed by atoms with van der Waals surface area (Å²) in [6, 6.07) is 9.95. The monoisotopic (exact) mass is 470 g/mol. The molecule has 1 N–H and O–H groups in total. The average molecular weight is 471 g/mol. The zero-order valence-corrected chi connectivity index (χ0v) is 19.1. The largest absolute Gasteiger partial charge is 0.496 e. The van der Waals surface area contributed by atoms with Crippen LogP contribution < -0.4 is 10.1 Å². The van der Waals surface area contributed by atoms with Crippen LogP contribution in [-0.2, 0) is 21.4 Å². The number of methoxy groups -OCH3 is 1. The second kappa shape index (κ2) is 9.56. The van der Waals surface area contributed by atoms with Gasteiger partial charge in [-0.2, -0.15) is 4.31 Å². The lowest BCUT2D eigenvalue weighted by molar-refractivity contribution is -0.126. The van der Waals surface area contributed by atoms with Crippen LogP contribution in [0.2, 0.25) is 10.0 Å². The molecule has 1 fully saturated rings. The van der Waals surface area contributed by atoms with Gasteiger partial charge in [0.2, 0.25) is 15.9 Å². The van der Waals surface area contributed by atoms with Crippen molar-refractivity contribution in [2.24, 2.45) is 5.92 Å². The van der Waals surface area contributed by atoms with Gasteiger partial charge in [0.25, 0.3) is 0 Å². The molecule has 0 atom stereocenters. The maximum absolute atomic E-state index is 13.0. The Kier molecular flexibility index (Phi) is 7.29. The van der Waals surface area contributed by atoms with Crippen LogP contribution in [0.1, 0.15) is 24.0 Å². The van der Waals surface area contributed by atoms with E-state index in [1.807, 2.05) is 0 Å². The minimum absolute atomic E-state index is 0.0987. The first-order chi connectivity index (χ1) is 14.2. The van der Waals surface area contributed by atoms with Crippen LogP contribution in [0.4, 0.5) is 0 Å². The molecule has 162 valence electrons. The van der Waals surface area contributed by atoms with Gasteiger partial charge in [-0.1, -0.05) is 29.3 Å². The first-order valence-corrected chi connectivity index (χ1v) is 11.8. The number of carbonyl (C=O) groups is 1. The van der Waals surface area contributed by atoms with Crippen molar-refractivity contribution in [2.75, 3.05) is 20.2 Å². The van der Waals surface area contributed by atoms with Gasteiger partial charge in [-0.3, -0.25) is 4.79 Å². The zero-order chi connectivity index (χ0) is 21.9. The maximum Gasteiger partial charge on any atom is 0.243 e. The van der Waals surface area contributed by atoms with Gasteiger partial charge in [-0.05, 0) is 61.2 Å². The summed E-state index contributed by atoms with van der Waals surface area (Å²) in [4.78, 5) is 12.8. The number of hydrogen-bond acceptors (Lipinski definition) is 4. The van der Waals surface area contributed by atoms with Crippen molar-refractivity contribution in [2.45, 2.75) is 31.2 Å². The van der Waals surface area contributed by atoms with E-state index in [9.17, 15) is 13.2 Å². The first-order valence-electron chi connectivity index (χ1n) is 9.59. The minimum Gasteiger partial charge on any atom is -0.496 e. The third-order valence-corrected chi connectivity index (χ3v) is 7.78. The number of ether oxygens (including phenoxy) is 1. The van der Waals surface area contributed by atoms with Crippen molar-refractivity contribution in [3.63, 3.8) is 0 Å². The second-order valence-electron chi connectivity index (χ2n) is 7.26. The summed E-state index contributed by atoms with van der Waals surface area (Å²) >= 11 is 12.0. The Morgan fingerprint density at radius 2 is 1.87 bits per heavy atom. The molecule has 1 heterocycles. The molecule has 30 heavy (non-hydrogen) atoms. The molecule has 1 aliphatic heterocycles. The van der Waals surface area contributed by atoms with Gasteiger partial charge < -0.3 is 10.1 Å². The van der Waals surface area contributed by atoms with Crippen LogP contribution in [0.5, 0.6) is 5.75 Å². The van der Waals surface area contributed by atoms with Gasteiger partial charge in [-0.25, -0.2) is 8.42 Å². The normalized spacial score (nSPS) is 15.7. The van der Waals surface area contributed by atoms with E-state index in [-0.39, 0.29) is 16.7 Å². The molecule has 0 bridgehead atoms. The lowest BCUT2D eigenvalue weighted by Gasteiger charge is -2.30. The van der Waals surface area contributed by atoms with E-state index in [0.29, 0.717) is 48.3 Å². The Morgan fingerprint density at radius 1 is 1.17 bits per heavy atom. The molecule has 0 unspecified atom stereocenters. The topological polar surface area (TPSA) is 75.7 Å². The average Bonchev–Trinajstić information content (AvgIpc) is 2.73. The Balaban J connectivity index is 1.58. The van der Waals surface area contributed by atoms with Crippen molar-refractivity contribution >= 4 is 39.1 Å². The number of aryl methyl sites for hydroxylation is 1. The molecule has 1 amide bonds. The van der Waals surface area contributed by atoms with Crippen molar-refractivity contribution in [1.82, 2.24) is 9.62 Å². The molecule has 0 aromatic heterocycles. The predicted octanol–water partition coefficient (Wildman–Crippen LogP) is 4.03. The van der Waals surface area contributed by atoms with Crippen molar-refractivity contribution in [1.29, 1.82) is 0 Å². The summed E-state index contributed by atoms with van der Waals surface area (Å²) in [5.74, 6) is 0.309. The number of halogens is 2. The highest BCUT2D eigenvalue weighted by Gasteiger charge is 2.32. The number of rotatable bonds is 6. The summed E-state index contributed by atoms with van der Waals surface area (Å²) in [6.45, 7) is 2.71. The molecule has 0 spiro atoms. The van der Waals surface area contributed by atoms with E-state index in [0.717, 1.165) is 11.1 Å². The lowest BCUT2D eigenvalue weighted by Crippen LogP contribution is -2.42. The molecule has 2 aromatic rings. The Bertz CT molecular complexity index is 1040. The van der Waals surface area contributed by atoms with E-state index in [4.69, 9.17) is 27.9 Å². The van der Waals surface area contributed by atoms with E-state index >= 15 is 0 Å². The summed E-state index contributed by atoms with van der Waals surface area (Å²) in [6.07, 6.45) is 0.934. The van der Waals surface area contributed by atoms with Gasteiger partial charge in [0, 0.05) is 35.6 Å². The third kappa shape index (κ3) is 5.09. The number of hydrogen-bond donors (Lipinski definition) is 1. The Morgan fingerprint density at radius 3 is 2.47 bits per heavy atom. The van der Waals surface area contributed by atoms with Crippen LogP contribution in [0, 0.1) is 12.8 Å². The molecule has 1 aliphatic rings. The second-order valence-corrected chi connectivity index (χ2v) is 10.0. The summed E-state index contributed by atoms with van der Waals surface area (Å²) in [5, 5.41) is 3.92. The number of piperidine rings is 1. The Labute approximate surface area is 187 Å². The fraction of sp³-hybridized carbons (Fsp3) is 0.381. The molecule has 6 nitrogen and oxygen atoms in total. The fourth-order valence-corrected chi connectivity index (χ4v) is 5.54. The molecule has 1 saturated heterocycles. The van der Waals surface area contributed by atoms with E-state index in [1.54, 1.807) is 50.4 Å². The Hall–Kier alpha value is -1.80. The van der Waals surface area contributed by atoms with Gasteiger partial charge in [0.05, 0.1) is 12.0 Å². The summed E-state index contributed by atoms with van der Waals surface area (Å²) in [5.41, 5.74) is 1.54. The lowest BCUT2D eigenvalue weighted by atomic mass is 9.97. The smallest absolute Gasteiger partial charge is 0.243 e. The number of nitrogens with one attached hydrogen (secondary N) is 1. The van der Waals surface area contributed by atoms with Crippen LogP contribution >= 0.6 is 23.2 Å². The van der Waals surface area contributed by atoms with Crippen LogP contribution in [0.15, 0.2) is 41.3 Å². The zero-order valence-electron chi connectivity index (χ0n) is 16.8. The van der Waals surface area contributed by atoms with Crippen molar-refractivity contribution in [3.8, 4) is 5.75 Å². The number of nitrogens with zero attached hydrogens (tertiary/aromatic N) is 1.